The largest absolute Gasteiger partial charge is 0.379 e. The van der Waals surface area contributed by atoms with Gasteiger partial charge in [0.15, 0.2) is 11.4 Å². The average Bonchev–Trinajstić information content (AvgIpc) is 3.70. The maximum absolute atomic E-state index is 7.78. The van der Waals surface area contributed by atoms with E-state index in [2.05, 4.69) is 41.6 Å². The second-order valence-corrected chi connectivity index (χ2v) is 14.2. The summed E-state index contributed by atoms with van der Waals surface area (Å²) in [5.74, 6) is 2.42. The van der Waals surface area contributed by atoms with E-state index in [9.17, 15) is 0 Å². The minimum absolute atomic E-state index is 0.0956. The van der Waals surface area contributed by atoms with Gasteiger partial charge in [0.2, 0.25) is 0 Å². The van der Waals surface area contributed by atoms with Crippen molar-refractivity contribution in [3.05, 3.63) is 0 Å². The first-order chi connectivity index (χ1) is 19.8. The molecule has 7 aliphatic heterocycles. The number of nitrogens with one attached hydrogen (secondary N) is 1. The maximum atomic E-state index is 7.78. The molecular formula is C30H54N6O3S. The van der Waals surface area contributed by atoms with Crippen molar-refractivity contribution in [3.63, 3.8) is 0 Å². The lowest BCUT2D eigenvalue weighted by molar-refractivity contribution is -0.315. The lowest BCUT2D eigenvalue weighted by atomic mass is 9.73. The van der Waals surface area contributed by atoms with Crippen LogP contribution in [0.5, 0.6) is 0 Å². The van der Waals surface area contributed by atoms with Gasteiger partial charge in [-0.25, -0.2) is 0 Å². The monoisotopic (exact) mass is 578 g/mol. The van der Waals surface area contributed by atoms with Gasteiger partial charge < -0.3 is 19.5 Å². The Labute approximate surface area is 246 Å². The topological polar surface area (TPSA) is 55.9 Å². The Morgan fingerprint density at radius 1 is 0.600 bits per heavy atom. The van der Waals surface area contributed by atoms with E-state index in [1.807, 2.05) is 0 Å². The molecule has 9 nitrogen and oxygen atoms in total. The first kappa shape index (κ1) is 28.7. The van der Waals surface area contributed by atoms with Crippen molar-refractivity contribution in [2.24, 2.45) is 0 Å². The predicted octanol–water partition coefficient (Wildman–Crippen LogP) is 1.54. The van der Waals surface area contributed by atoms with Crippen LogP contribution in [0.2, 0.25) is 0 Å². The van der Waals surface area contributed by atoms with Crippen LogP contribution in [0, 0.1) is 0 Å². The molecule has 0 radical (unpaired) electrons. The molecule has 40 heavy (non-hydrogen) atoms. The Morgan fingerprint density at radius 3 is 1.95 bits per heavy atom. The quantitative estimate of drug-likeness (QED) is 0.503. The number of likely N-dealkylation sites (tertiary alicyclic amines) is 2. The zero-order valence-corrected chi connectivity index (χ0v) is 25.6. The van der Waals surface area contributed by atoms with Crippen molar-refractivity contribution in [2.45, 2.75) is 74.5 Å². The number of nitrogens with zero attached hydrogens (tertiary/aromatic N) is 5. The van der Waals surface area contributed by atoms with Crippen LogP contribution >= 0.6 is 11.8 Å². The van der Waals surface area contributed by atoms with E-state index in [1.165, 1.54) is 56.5 Å². The lowest BCUT2D eigenvalue weighted by Crippen LogP contribution is -2.91. The van der Waals surface area contributed by atoms with Gasteiger partial charge in [0.25, 0.3) is 0 Å². The molecule has 0 spiro atoms. The molecule has 1 N–H and O–H groups in total. The predicted molar refractivity (Wildman–Crippen MR) is 160 cm³/mol. The fourth-order valence-corrected chi connectivity index (χ4v) is 10.6. The van der Waals surface area contributed by atoms with Gasteiger partial charge in [0, 0.05) is 96.6 Å². The average molecular weight is 579 g/mol. The summed E-state index contributed by atoms with van der Waals surface area (Å²) in [6.07, 6.45) is 10.1. The van der Waals surface area contributed by atoms with Gasteiger partial charge in [-0.1, -0.05) is 6.42 Å². The van der Waals surface area contributed by atoms with Crippen LogP contribution in [0.3, 0.4) is 0 Å². The van der Waals surface area contributed by atoms with Gasteiger partial charge >= 0.3 is 0 Å². The molecule has 7 aliphatic rings. The Morgan fingerprint density at radius 2 is 1.25 bits per heavy atom. The van der Waals surface area contributed by atoms with Gasteiger partial charge in [0.1, 0.15) is 11.8 Å². The first-order valence-electron chi connectivity index (χ1n) is 16.7. The van der Waals surface area contributed by atoms with E-state index in [-0.39, 0.29) is 17.4 Å². The van der Waals surface area contributed by atoms with Crippen molar-refractivity contribution >= 4 is 11.8 Å². The van der Waals surface area contributed by atoms with E-state index in [0.717, 1.165) is 111 Å². The molecular weight excluding hydrogens is 524 g/mol. The number of thioether (sulfide) groups is 1. The summed E-state index contributed by atoms with van der Waals surface area (Å²) in [7, 11) is 0. The lowest BCUT2D eigenvalue weighted by Gasteiger charge is -2.70. The second-order valence-electron chi connectivity index (χ2n) is 13.0. The third kappa shape index (κ3) is 4.46. The van der Waals surface area contributed by atoms with E-state index in [1.54, 1.807) is 0 Å². The Balaban J connectivity index is 1.50. The Bertz CT molecular complexity index is 782. The molecule has 7 saturated heterocycles. The summed E-state index contributed by atoms with van der Waals surface area (Å²) in [5, 5.41) is 3.72. The molecule has 0 aromatic carbocycles. The summed E-state index contributed by atoms with van der Waals surface area (Å²) in [6.45, 7) is 16.3. The highest BCUT2D eigenvalue weighted by molar-refractivity contribution is 7.99. The number of piperazine rings is 1. The minimum Gasteiger partial charge on any atom is -0.379 e. The SMILES string of the molecule is C1CCN(C2(N3CCNCC3)C(C3CCCCO3)(N3CCCC3)OCC2(N2CCOCC2)N2CCSCC2)CC1. The maximum Gasteiger partial charge on any atom is 0.183 e. The van der Waals surface area contributed by atoms with E-state index in [4.69, 9.17) is 14.2 Å². The second kappa shape index (κ2) is 12.5. The molecule has 0 saturated carbocycles. The molecule has 228 valence electrons. The molecule has 0 aromatic heterocycles. The van der Waals surface area contributed by atoms with E-state index >= 15 is 0 Å². The van der Waals surface area contributed by atoms with Crippen molar-refractivity contribution in [3.8, 4) is 0 Å². The summed E-state index contributed by atoms with van der Waals surface area (Å²) >= 11 is 2.13. The summed E-state index contributed by atoms with van der Waals surface area (Å²) in [4.78, 5) is 14.5. The van der Waals surface area contributed by atoms with Crippen molar-refractivity contribution in [1.82, 2.24) is 29.8 Å². The third-order valence-corrected chi connectivity index (χ3v) is 12.1. The van der Waals surface area contributed by atoms with Crippen LogP contribution in [0.1, 0.15) is 51.4 Å². The summed E-state index contributed by atoms with van der Waals surface area (Å²) in [5.41, 5.74) is -1.04. The standard InChI is InChI=1S/C30H54N6O3S/c1-3-13-35(14-4-1)30(36-15-9-31-10-16-36)28(32-17-22-37-23-18-32,33-19-24-40-25-20-33)26-39-29(30,34-11-5-6-12-34)27-8-2-7-21-38-27/h27,31H,1-26H2. The van der Waals surface area contributed by atoms with Crippen molar-refractivity contribution in [1.29, 1.82) is 0 Å². The molecule has 0 aromatic rings. The highest BCUT2D eigenvalue weighted by Gasteiger charge is 2.81. The van der Waals surface area contributed by atoms with Crippen LogP contribution in [-0.4, -0.2) is 164 Å². The number of morpholine rings is 1. The van der Waals surface area contributed by atoms with Crippen LogP contribution in [0.15, 0.2) is 0 Å². The molecule has 4 atom stereocenters. The Hall–Kier alpha value is -0.0100. The normalized spacial score (nSPS) is 42.5. The number of hydrogen-bond donors (Lipinski definition) is 1. The number of hydrogen-bond acceptors (Lipinski definition) is 10. The number of ether oxygens (including phenoxy) is 3. The molecule has 7 rings (SSSR count). The summed E-state index contributed by atoms with van der Waals surface area (Å²) in [6, 6.07) is 0. The zero-order chi connectivity index (χ0) is 26.9. The van der Waals surface area contributed by atoms with Crippen LogP contribution in [0.25, 0.3) is 0 Å². The fourth-order valence-electron chi connectivity index (χ4n) is 9.69. The Kier molecular flexibility index (Phi) is 9.01. The molecule has 4 unspecified atom stereocenters. The molecule has 7 heterocycles. The van der Waals surface area contributed by atoms with E-state index in [0.29, 0.717) is 0 Å². The molecule has 0 amide bonds. The molecule has 0 bridgehead atoms. The van der Waals surface area contributed by atoms with Crippen molar-refractivity contribution < 1.29 is 14.2 Å². The highest BCUT2D eigenvalue weighted by Crippen LogP contribution is 2.59. The highest BCUT2D eigenvalue weighted by atomic mass is 32.2. The molecule has 7 fully saturated rings. The fraction of sp³-hybridized carbons (Fsp3) is 1.00. The van der Waals surface area contributed by atoms with Gasteiger partial charge in [-0.2, -0.15) is 11.8 Å². The number of rotatable bonds is 6. The van der Waals surface area contributed by atoms with Gasteiger partial charge in [-0.3, -0.25) is 24.5 Å². The number of piperidine rings is 1. The molecule has 10 heteroatoms. The van der Waals surface area contributed by atoms with Crippen LogP contribution in [-0.2, 0) is 14.2 Å². The van der Waals surface area contributed by atoms with Crippen molar-refractivity contribution in [2.75, 3.05) is 116 Å². The first-order valence-corrected chi connectivity index (χ1v) is 17.9. The van der Waals surface area contributed by atoms with Gasteiger partial charge in [-0.05, 0) is 44.9 Å². The minimum atomic E-state index is -0.485. The van der Waals surface area contributed by atoms with Crippen LogP contribution in [0.4, 0.5) is 0 Å². The van der Waals surface area contributed by atoms with Crippen LogP contribution < -0.4 is 5.32 Å². The third-order valence-electron chi connectivity index (χ3n) is 11.2. The zero-order valence-electron chi connectivity index (χ0n) is 24.8. The van der Waals surface area contributed by atoms with Gasteiger partial charge in [0.05, 0.1) is 19.8 Å². The molecule has 0 aliphatic carbocycles. The van der Waals surface area contributed by atoms with Gasteiger partial charge in [-0.15, -0.1) is 0 Å². The smallest absolute Gasteiger partial charge is 0.183 e. The summed E-state index contributed by atoms with van der Waals surface area (Å²) < 4.78 is 20.8. The van der Waals surface area contributed by atoms with E-state index < -0.39 is 5.72 Å².